The highest BCUT2D eigenvalue weighted by Crippen LogP contribution is 2.23. The van der Waals surface area contributed by atoms with Crippen molar-refractivity contribution in [2.75, 3.05) is 30.8 Å². The first kappa shape index (κ1) is 28.2. The molecular formula is C26H37N3O5S. The molecule has 1 atom stereocenters. The van der Waals surface area contributed by atoms with E-state index in [0.29, 0.717) is 36.9 Å². The van der Waals surface area contributed by atoms with Gasteiger partial charge in [-0.2, -0.15) is 0 Å². The lowest BCUT2D eigenvalue weighted by molar-refractivity contribution is -0.140. The highest BCUT2D eigenvalue weighted by atomic mass is 32.2. The van der Waals surface area contributed by atoms with Crippen molar-refractivity contribution in [1.82, 2.24) is 10.2 Å². The van der Waals surface area contributed by atoms with Crippen molar-refractivity contribution in [3.8, 4) is 5.75 Å². The Labute approximate surface area is 209 Å². The van der Waals surface area contributed by atoms with Crippen molar-refractivity contribution >= 4 is 27.5 Å². The van der Waals surface area contributed by atoms with E-state index < -0.39 is 16.1 Å². The van der Waals surface area contributed by atoms with Crippen LogP contribution in [0.4, 0.5) is 5.69 Å². The van der Waals surface area contributed by atoms with Crippen molar-refractivity contribution < 1.29 is 22.7 Å². The monoisotopic (exact) mass is 503 g/mol. The predicted octanol–water partition coefficient (Wildman–Crippen LogP) is 3.43. The van der Waals surface area contributed by atoms with E-state index in [9.17, 15) is 18.0 Å². The first-order valence-electron chi connectivity index (χ1n) is 11.8. The molecule has 192 valence electrons. The molecule has 0 aliphatic carbocycles. The van der Waals surface area contributed by atoms with Crippen LogP contribution in [-0.4, -0.2) is 57.6 Å². The Bertz CT molecular complexity index is 1070. The molecule has 0 bridgehead atoms. The van der Waals surface area contributed by atoms with E-state index in [1.54, 1.807) is 36.1 Å². The first-order chi connectivity index (χ1) is 16.5. The molecule has 2 rings (SSSR count). The van der Waals surface area contributed by atoms with Gasteiger partial charge in [-0.05, 0) is 37.0 Å². The number of nitrogens with one attached hydrogen (secondary N) is 1. The van der Waals surface area contributed by atoms with Gasteiger partial charge in [-0.3, -0.25) is 13.9 Å². The summed E-state index contributed by atoms with van der Waals surface area (Å²) in [4.78, 5) is 27.6. The van der Waals surface area contributed by atoms with E-state index in [1.165, 1.54) is 11.4 Å². The molecule has 0 aromatic heterocycles. The Kier molecular flexibility index (Phi) is 10.6. The Morgan fingerprint density at radius 1 is 1.03 bits per heavy atom. The van der Waals surface area contributed by atoms with Crippen LogP contribution in [-0.2, 0) is 26.2 Å². The number of carbonyl (C=O) groups excluding carboxylic acids is 2. The van der Waals surface area contributed by atoms with Gasteiger partial charge in [-0.1, -0.05) is 50.2 Å². The minimum absolute atomic E-state index is 0.102. The highest BCUT2D eigenvalue weighted by molar-refractivity contribution is 7.92. The second-order valence-corrected chi connectivity index (χ2v) is 10.9. The molecule has 0 spiro atoms. The molecule has 2 aromatic rings. The third-order valence-corrected chi connectivity index (χ3v) is 6.74. The molecule has 2 amide bonds. The normalized spacial score (nSPS) is 12.2. The predicted molar refractivity (Wildman–Crippen MR) is 139 cm³/mol. The topological polar surface area (TPSA) is 96.0 Å². The van der Waals surface area contributed by atoms with Crippen LogP contribution in [0.1, 0.15) is 39.2 Å². The lowest BCUT2D eigenvalue weighted by Crippen LogP contribution is -2.48. The molecule has 0 aliphatic heterocycles. The fourth-order valence-corrected chi connectivity index (χ4v) is 4.54. The summed E-state index contributed by atoms with van der Waals surface area (Å²) in [5, 5.41) is 2.90. The second kappa shape index (κ2) is 13.1. The standard InChI is InChI=1S/C26H37N3O5S/c1-20(2)18-27-26(31)21(3)28(19-22-11-7-6-8-12-22)25(30)15-10-16-29(35(5,32)33)23-13-9-14-24(17-23)34-4/h6-9,11-14,17,20-21H,10,15-16,18-19H2,1-5H3,(H,27,31)/t21-/m1/s1. The molecule has 0 radical (unpaired) electrons. The number of rotatable bonds is 13. The van der Waals surface area contributed by atoms with Crippen LogP contribution in [0.3, 0.4) is 0 Å². The lowest BCUT2D eigenvalue weighted by Gasteiger charge is -2.29. The number of hydrogen-bond acceptors (Lipinski definition) is 5. The van der Waals surface area contributed by atoms with Gasteiger partial charge in [-0.15, -0.1) is 0 Å². The van der Waals surface area contributed by atoms with Gasteiger partial charge in [0, 0.05) is 32.1 Å². The van der Waals surface area contributed by atoms with Crippen molar-refractivity contribution in [3.63, 3.8) is 0 Å². The highest BCUT2D eigenvalue weighted by Gasteiger charge is 2.26. The molecule has 0 saturated heterocycles. The summed E-state index contributed by atoms with van der Waals surface area (Å²) in [7, 11) is -2.05. The Hall–Kier alpha value is -3.07. The van der Waals surface area contributed by atoms with Crippen LogP contribution in [0.2, 0.25) is 0 Å². The SMILES string of the molecule is COc1cccc(N(CCCC(=O)N(Cc2ccccc2)[C@H](C)C(=O)NCC(C)C)S(C)(=O)=O)c1. The molecule has 0 aliphatic rings. The number of sulfonamides is 1. The van der Waals surface area contributed by atoms with Gasteiger partial charge in [-0.25, -0.2) is 8.42 Å². The van der Waals surface area contributed by atoms with Gasteiger partial charge in [0.15, 0.2) is 0 Å². The Morgan fingerprint density at radius 3 is 2.31 bits per heavy atom. The average Bonchev–Trinajstić information content (AvgIpc) is 2.82. The van der Waals surface area contributed by atoms with E-state index in [-0.39, 0.29) is 24.8 Å². The van der Waals surface area contributed by atoms with E-state index in [0.717, 1.165) is 11.8 Å². The molecule has 0 saturated carbocycles. The van der Waals surface area contributed by atoms with Crippen LogP contribution in [0.5, 0.6) is 5.75 Å². The zero-order chi connectivity index (χ0) is 26.0. The third-order valence-electron chi connectivity index (χ3n) is 5.54. The van der Waals surface area contributed by atoms with Crippen LogP contribution in [0.25, 0.3) is 0 Å². The van der Waals surface area contributed by atoms with E-state index in [4.69, 9.17) is 4.74 Å². The summed E-state index contributed by atoms with van der Waals surface area (Å²) in [5.41, 5.74) is 1.39. The molecule has 9 heteroatoms. The number of hydrogen-bond donors (Lipinski definition) is 1. The fourth-order valence-electron chi connectivity index (χ4n) is 3.58. The largest absolute Gasteiger partial charge is 0.497 e. The molecule has 0 unspecified atom stereocenters. The first-order valence-corrected chi connectivity index (χ1v) is 13.6. The van der Waals surface area contributed by atoms with Gasteiger partial charge in [0.1, 0.15) is 11.8 Å². The fraction of sp³-hybridized carbons (Fsp3) is 0.462. The molecule has 35 heavy (non-hydrogen) atoms. The van der Waals surface area contributed by atoms with Crippen LogP contribution >= 0.6 is 0 Å². The summed E-state index contributed by atoms with van der Waals surface area (Å²) in [5.74, 6) is 0.419. The molecule has 1 N–H and O–H groups in total. The smallest absolute Gasteiger partial charge is 0.242 e. The van der Waals surface area contributed by atoms with Crippen LogP contribution in [0, 0.1) is 5.92 Å². The number of methoxy groups -OCH3 is 1. The van der Waals surface area contributed by atoms with Crippen molar-refractivity contribution in [2.24, 2.45) is 5.92 Å². The summed E-state index contributed by atoms with van der Waals surface area (Å²) in [6, 6.07) is 15.6. The molecule has 0 fully saturated rings. The van der Waals surface area contributed by atoms with Gasteiger partial charge in [0.05, 0.1) is 19.1 Å². The van der Waals surface area contributed by atoms with Gasteiger partial charge in [0.25, 0.3) is 0 Å². The van der Waals surface area contributed by atoms with Crippen LogP contribution < -0.4 is 14.4 Å². The van der Waals surface area contributed by atoms with Crippen molar-refractivity contribution in [3.05, 3.63) is 60.2 Å². The van der Waals surface area contributed by atoms with Gasteiger partial charge in [0.2, 0.25) is 21.8 Å². The number of anilines is 1. The van der Waals surface area contributed by atoms with Gasteiger partial charge >= 0.3 is 0 Å². The number of carbonyl (C=O) groups is 2. The van der Waals surface area contributed by atoms with Crippen molar-refractivity contribution in [1.29, 1.82) is 0 Å². The maximum Gasteiger partial charge on any atom is 0.242 e. The maximum absolute atomic E-state index is 13.3. The van der Waals surface area contributed by atoms with Crippen LogP contribution in [0.15, 0.2) is 54.6 Å². The quantitative estimate of drug-likeness (QED) is 0.452. The average molecular weight is 504 g/mol. The zero-order valence-electron chi connectivity index (χ0n) is 21.2. The van der Waals surface area contributed by atoms with E-state index in [1.807, 2.05) is 44.2 Å². The van der Waals surface area contributed by atoms with Gasteiger partial charge < -0.3 is 15.0 Å². The molecule has 2 aromatic carbocycles. The summed E-state index contributed by atoms with van der Waals surface area (Å²) >= 11 is 0. The maximum atomic E-state index is 13.3. The molecule has 8 nitrogen and oxygen atoms in total. The summed E-state index contributed by atoms with van der Waals surface area (Å²) < 4.78 is 31.4. The zero-order valence-corrected chi connectivity index (χ0v) is 22.0. The molecule has 0 heterocycles. The number of benzene rings is 2. The number of amides is 2. The Morgan fingerprint density at radius 2 is 1.71 bits per heavy atom. The van der Waals surface area contributed by atoms with E-state index >= 15 is 0 Å². The number of ether oxygens (including phenoxy) is 1. The van der Waals surface area contributed by atoms with E-state index in [2.05, 4.69) is 5.32 Å². The summed E-state index contributed by atoms with van der Waals surface area (Å²) in [6.45, 7) is 6.68. The third kappa shape index (κ3) is 8.90. The Balaban J connectivity index is 2.14. The minimum Gasteiger partial charge on any atom is -0.497 e. The minimum atomic E-state index is -3.57. The van der Waals surface area contributed by atoms with Crippen molar-refractivity contribution in [2.45, 2.75) is 46.2 Å². The number of nitrogens with zero attached hydrogens (tertiary/aromatic N) is 2. The lowest BCUT2D eigenvalue weighted by atomic mass is 10.1. The second-order valence-electron chi connectivity index (χ2n) is 8.96. The summed E-state index contributed by atoms with van der Waals surface area (Å²) in [6.07, 6.45) is 1.54. The molecular weight excluding hydrogens is 466 g/mol.